The topological polar surface area (TPSA) is 55.6 Å². The van der Waals surface area contributed by atoms with Crippen LogP contribution < -0.4 is 5.32 Å². The molecule has 0 aromatic carbocycles. The summed E-state index contributed by atoms with van der Waals surface area (Å²) in [5.41, 5.74) is 0.0961. The van der Waals surface area contributed by atoms with Gasteiger partial charge in [0.05, 0.1) is 13.1 Å². The molecule has 1 unspecified atom stereocenters. The van der Waals surface area contributed by atoms with E-state index in [1.54, 1.807) is 0 Å². The molecule has 96 valence electrons. The van der Waals surface area contributed by atoms with Crippen LogP contribution in [-0.2, 0) is 13.1 Å². The molecule has 1 fully saturated rings. The van der Waals surface area contributed by atoms with Gasteiger partial charge in [-0.15, -0.1) is 5.10 Å². The van der Waals surface area contributed by atoms with Crippen LogP contribution in [0.15, 0.2) is 0 Å². The number of nitrogens with zero attached hydrogens (tertiary/aromatic N) is 4. The zero-order valence-electron chi connectivity index (χ0n) is 10.8. The van der Waals surface area contributed by atoms with Crippen LogP contribution in [-0.4, -0.2) is 36.7 Å². The fraction of sp³-hybridized carbons (Fsp3) is 0.909. The van der Waals surface area contributed by atoms with E-state index in [1.165, 1.54) is 18.6 Å². The van der Waals surface area contributed by atoms with Crippen LogP contribution in [0.25, 0.3) is 0 Å². The average molecular weight is 255 g/mol. The van der Waals surface area contributed by atoms with Crippen molar-refractivity contribution in [3.05, 3.63) is 5.82 Å². The van der Waals surface area contributed by atoms with Gasteiger partial charge in [-0.2, -0.15) is 11.8 Å². The molecule has 0 aliphatic carbocycles. The van der Waals surface area contributed by atoms with Crippen LogP contribution in [0.1, 0.15) is 39.4 Å². The van der Waals surface area contributed by atoms with Gasteiger partial charge in [0, 0.05) is 10.8 Å². The van der Waals surface area contributed by atoms with Gasteiger partial charge in [-0.1, -0.05) is 0 Å². The third kappa shape index (κ3) is 3.96. The SMILES string of the molecule is CC(C)(C)NCc1nnnn1CC1CCCS1. The Morgan fingerprint density at radius 3 is 2.94 bits per heavy atom. The number of hydrogen-bond acceptors (Lipinski definition) is 5. The normalized spacial score (nSPS) is 21.0. The standard InChI is InChI=1S/C11H21N5S/c1-11(2,3)12-7-10-13-14-15-16(10)8-9-5-4-6-17-9/h9,12H,4-8H2,1-3H3. The van der Waals surface area contributed by atoms with Gasteiger partial charge in [0.2, 0.25) is 0 Å². The van der Waals surface area contributed by atoms with Gasteiger partial charge < -0.3 is 5.32 Å². The Kier molecular flexibility index (Phi) is 4.04. The van der Waals surface area contributed by atoms with E-state index in [-0.39, 0.29) is 5.54 Å². The smallest absolute Gasteiger partial charge is 0.165 e. The highest BCUT2D eigenvalue weighted by Gasteiger charge is 2.19. The number of tetrazole rings is 1. The highest BCUT2D eigenvalue weighted by molar-refractivity contribution is 8.00. The lowest BCUT2D eigenvalue weighted by atomic mass is 10.1. The molecule has 1 aromatic rings. The molecule has 1 aliphatic rings. The number of aromatic nitrogens is 4. The first-order chi connectivity index (χ1) is 8.04. The summed E-state index contributed by atoms with van der Waals surface area (Å²) in [6.45, 7) is 8.11. The highest BCUT2D eigenvalue weighted by atomic mass is 32.2. The quantitative estimate of drug-likeness (QED) is 0.882. The molecule has 1 saturated heterocycles. The van der Waals surface area contributed by atoms with Gasteiger partial charge in [-0.25, -0.2) is 4.68 Å². The first-order valence-electron chi connectivity index (χ1n) is 6.16. The van der Waals surface area contributed by atoms with Crippen LogP contribution >= 0.6 is 11.8 Å². The Bertz CT molecular complexity index is 351. The molecule has 1 N–H and O–H groups in total. The molecule has 6 heteroatoms. The van der Waals surface area contributed by atoms with Crippen molar-refractivity contribution in [2.75, 3.05) is 5.75 Å². The Balaban J connectivity index is 1.91. The Morgan fingerprint density at radius 2 is 2.29 bits per heavy atom. The Hall–Kier alpha value is -0.620. The zero-order chi connectivity index (χ0) is 12.3. The number of thioether (sulfide) groups is 1. The van der Waals surface area contributed by atoms with Crippen molar-refractivity contribution in [3.8, 4) is 0 Å². The molecule has 2 heterocycles. The van der Waals surface area contributed by atoms with E-state index in [2.05, 4.69) is 41.6 Å². The molecule has 1 atom stereocenters. The second-order valence-electron chi connectivity index (χ2n) is 5.52. The Morgan fingerprint density at radius 1 is 1.47 bits per heavy atom. The third-order valence-corrected chi connectivity index (χ3v) is 4.16. The lowest BCUT2D eigenvalue weighted by Gasteiger charge is -2.20. The van der Waals surface area contributed by atoms with E-state index in [1.807, 2.05) is 16.4 Å². The monoisotopic (exact) mass is 255 g/mol. The first kappa shape index (κ1) is 12.8. The van der Waals surface area contributed by atoms with Gasteiger partial charge in [-0.05, 0) is 49.8 Å². The lowest BCUT2D eigenvalue weighted by molar-refractivity contribution is 0.406. The fourth-order valence-corrected chi connectivity index (χ4v) is 3.06. The minimum atomic E-state index is 0.0961. The Labute approximate surface area is 107 Å². The summed E-state index contributed by atoms with van der Waals surface area (Å²) in [4.78, 5) is 0. The fourth-order valence-electron chi connectivity index (χ4n) is 1.82. The minimum Gasteiger partial charge on any atom is -0.305 e. The van der Waals surface area contributed by atoms with Crippen LogP contribution in [0.4, 0.5) is 0 Å². The molecule has 0 amide bonds. The molecule has 5 nitrogen and oxygen atoms in total. The summed E-state index contributed by atoms with van der Waals surface area (Å²) in [6.07, 6.45) is 2.61. The van der Waals surface area contributed by atoms with Crippen LogP contribution in [0.3, 0.4) is 0 Å². The van der Waals surface area contributed by atoms with Crippen molar-refractivity contribution in [1.29, 1.82) is 0 Å². The maximum Gasteiger partial charge on any atom is 0.165 e. The molecule has 1 aromatic heterocycles. The summed E-state index contributed by atoms with van der Waals surface area (Å²) >= 11 is 2.04. The average Bonchev–Trinajstić information content (AvgIpc) is 2.86. The van der Waals surface area contributed by atoms with E-state index < -0.39 is 0 Å². The summed E-state index contributed by atoms with van der Waals surface area (Å²) in [5, 5.41) is 16.1. The van der Waals surface area contributed by atoms with E-state index >= 15 is 0 Å². The van der Waals surface area contributed by atoms with Crippen LogP contribution in [0.5, 0.6) is 0 Å². The third-order valence-electron chi connectivity index (χ3n) is 2.78. The summed E-state index contributed by atoms with van der Waals surface area (Å²) in [6, 6.07) is 0. The molecule has 0 spiro atoms. The zero-order valence-corrected chi connectivity index (χ0v) is 11.6. The van der Waals surface area contributed by atoms with E-state index in [0.717, 1.165) is 18.9 Å². The number of hydrogen-bond donors (Lipinski definition) is 1. The van der Waals surface area contributed by atoms with E-state index in [4.69, 9.17) is 0 Å². The molecule has 0 saturated carbocycles. The highest BCUT2D eigenvalue weighted by Crippen LogP contribution is 2.27. The second-order valence-corrected chi connectivity index (χ2v) is 6.92. The van der Waals surface area contributed by atoms with Crippen molar-refractivity contribution in [2.45, 2.75) is 57.5 Å². The van der Waals surface area contributed by atoms with Crippen LogP contribution in [0, 0.1) is 0 Å². The molecular weight excluding hydrogens is 234 g/mol. The lowest BCUT2D eigenvalue weighted by Crippen LogP contribution is -2.36. The van der Waals surface area contributed by atoms with E-state index in [0.29, 0.717) is 5.25 Å². The maximum absolute atomic E-state index is 4.09. The largest absolute Gasteiger partial charge is 0.305 e. The molecule has 17 heavy (non-hydrogen) atoms. The van der Waals surface area contributed by atoms with Gasteiger partial charge in [0.25, 0.3) is 0 Å². The van der Waals surface area contributed by atoms with Gasteiger partial charge >= 0.3 is 0 Å². The van der Waals surface area contributed by atoms with Crippen molar-refractivity contribution in [1.82, 2.24) is 25.5 Å². The molecular formula is C11H21N5S. The minimum absolute atomic E-state index is 0.0961. The summed E-state index contributed by atoms with van der Waals surface area (Å²) in [7, 11) is 0. The van der Waals surface area contributed by atoms with E-state index in [9.17, 15) is 0 Å². The number of rotatable bonds is 4. The second kappa shape index (κ2) is 5.35. The number of nitrogens with one attached hydrogen (secondary N) is 1. The molecule has 1 aliphatic heterocycles. The van der Waals surface area contributed by atoms with Gasteiger partial charge in [0.1, 0.15) is 0 Å². The summed E-state index contributed by atoms with van der Waals surface area (Å²) < 4.78 is 1.95. The van der Waals surface area contributed by atoms with Crippen molar-refractivity contribution < 1.29 is 0 Å². The van der Waals surface area contributed by atoms with Crippen molar-refractivity contribution >= 4 is 11.8 Å². The summed E-state index contributed by atoms with van der Waals surface area (Å²) in [5.74, 6) is 2.22. The predicted octanol–water partition coefficient (Wildman–Crippen LogP) is 1.46. The van der Waals surface area contributed by atoms with Gasteiger partial charge in [0.15, 0.2) is 5.82 Å². The molecule has 2 rings (SSSR count). The van der Waals surface area contributed by atoms with Crippen molar-refractivity contribution in [2.24, 2.45) is 0 Å². The van der Waals surface area contributed by atoms with Gasteiger partial charge in [-0.3, -0.25) is 0 Å². The maximum atomic E-state index is 4.09. The first-order valence-corrected chi connectivity index (χ1v) is 7.21. The molecule has 0 bridgehead atoms. The van der Waals surface area contributed by atoms with Crippen LogP contribution in [0.2, 0.25) is 0 Å². The van der Waals surface area contributed by atoms with Crippen molar-refractivity contribution in [3.63, 3.8) is 0 Å². The predicted molar refractivity (Wildman–Crippen MR) is 69.9 cm³/mol. The molecule has 0 radical (unpaired) electrons.